The van der Waals surface area contributed by atoms with Gasteiger partial charge in [0.1, 0.15) is 0 Å². The number of primary amides is 1. The number of hydrogen-bond donors (Lipinski definition) is 2. The lowest BCUT2D eigenvalue weighted by atomic mass is 9.93. The predicted octanol–water partition coefficient (Wildman–Crippen LogP) is 1.99. The van der Waals surface area contributed by atoms with Crippen LogP contribution >= 0.6 is 0 Å². The second-order valence-corrected chi connectivity index (χ2v) is 4.98. The zero-order chi connectivity index (χ0) is 13.1. The van der Waals surface area contributed by atoms with Gasteiger partial charge in [-0.05, 0) is 37.0 Å². The van der Waals surface area contributed by atoms with Gasteiger partial charge in [-0.1, -0.05) is 13.3 Å². The Morgan fingerprint density at radius 1 is 1.39 bits per heavy atom. The van der Waals surface area contributed by atoms with Crippen LogP contribution in [0.15, 0.2) is 18.2 Å². The van der Waals surface area contributed by atoms with Crippen molar-refractivity contribution in [1.29, 1.82) is 0 Å². The topological polar surface area (TPSA) is 72.3 Å². The van der Waals surface area contributed by atoms with Gasteiger partial charge in [-0.25, -0.2) is 0 Å². The monoisotopic (exact) mass is 247 g/mol. The second kappa shape index (κ2) is 5.29. The summed E-state index contributed by atoms with van der Waals surface area (Å²) in [6.45, 7) is 4.21. The lowest BCUT2D eigenvalue weighted by Crippen LogP contribution is -2.35. The van der Waals surface area contributed by atoms with Gasteiger partial charge in [-0.2, -0.15) is 0 Å². The Hall–Kier alpha value is -1.71. The molecule has 0 bridgehead atoms. The summed E-state index contributed by atoms with van der Waals surface area (Å²) in [7, 11) is 0. The van der Waals surface area contributed by atoms with Crippen LogP contribution in [0.25, 0.3) is 0 Å². The standard InChI is InChI=1S/C14H21N3O/c1-2-10-5-7-17(8-6-10)13-4-3-11(15)9-12(13)14(16)18/h3-4,9-10H,2,5-8,15H2,1H3,(H2,16,18). The highest BCUT2D eigenvalue weighted by molar-refractivity contribution is 5.99. The van der Waals surface area contributed by atoms with Gasteiger partial charge in [0.05, 0.1) is 5.56 Å². The molecule has 98 valence electrons. The summed E-state index contributed by atoms with van der Waals surface area (Å²) in [4.78, 5) is 13.7. The molecule has 1 amide bonds. The summed E-state index contributed by atoms with van der Waals surface area (Å²) < 4.78 is 0. The first-order valence-corrected chi connectivity index (χ1v) is 6.56. The van der Waals surface area contributed by atoms with E-state index in [9.17, 15) is 4.79 Å². The van der Waals surface area contributed by atoms with Crippen LogP contribution in [0.4, 0.5) is 11.4 Å². The van der Waals surface area contributed by atoms with Crippen LogP contribution in [0.3, 0.4) is 0 Å². The maximum Gasteiger partial charge on any atom is 0.250 e. The highest BCUT2D eigenvalue weighted by Crippen LogP contribution is 2.28. The number of nitrogens with two attached hydrogens (primary N) is 2. The largest absolute Gasteiger partial charge is 0.399 e. The van der Waals surface area contributed by atoms with Gasteiger partial charge in [0.25, 0.3) is 5.91 Å². The fraction of sp³-hybridized carbons (Fsp3) is 0.500. The third-order valence-electron chi connectivity index (χ3n) is 3.82. The number of hydrogen-bond acceptors (Lipinski definition) is 3. The van der Waals surface area contributed by atoms with Crippen molar-refractivity contribution >= 4 is 17.3 Å². The summed E-state index contributed by atoms with van der Waals surface area (Å²) in [5.41, 5.74) is 13.2. The van der Waals surface area contributed by atoms with Gasteiger partial charge >= 0.3 is 0 Å². The molecule has 1 saturated heterocycles. The molecule has 2 rings (SSSR count). The number of anilines is 2. The molecule has 0 unspecified atom stereocenters. The minimum atomic E-state index is -0.407. The van der Waals surface area contributed by atoms with E-state index in [4.69, 9.17) is 11.5 Å². The Bertz CT molecular complexity index is 437. The van der Waals surface area contributed by atoms with E-state index in [2.05, 4.69) is 11.8 Å². The number of piperidine rings is 1. The van der Waals surface area contributed by atoms with E-state index in [0.29, 0.717) is 11.3 Å². The molecule has 1 heterocycles. The van der Waals surface area contributed by atoms with E-state index >= 15 is 0 Å². The summed E-state index contributed by atoms with van der Waals surface area (Å²) in [5.74, 6) is 0.405. The van der Waals surface area contributed by atoms with Gasteiger partial charge in [0.2, 0.25) is 0 Å². The van der Waals surface area contributed by atoms with E-state index in [1.54, 1.807) is 6.07 Å². The molecule has 0 radical (unpaired) electrons. The van der Waals surface area contributed by atoms with Crippen LogP contribution in [0.1, 0.15) is 36.5 Å². The molecule has 0 aromatic heterocycles. The average molecular weight is 247 g/mol. The maximum absolute atomic E-state index is 11.5. The van der Waals surface area contributed by atoms with E-state index in [0.717, 1.165) is 24.7 Å². The lowest BCUT2D eigenvalue weighted by Gasteiger charge is -2.34. The fourth-order valence-corrected chi connectivity index (χ4v) is 2.61. The molecule has 0 spiro atoms. The molecule has 4 N–H and O–H groups in total. The summed E-state index contributed by atoms with van der Waals surface area (Å²) in [5, 5.41) is 0. The van der Waals surface area contributed by atoms with Crippen LogP contribution in [0.2, 0.25) is 0 Å². The number of amides is 1. The predicted molar refractivity (Wildman–Crippen MR) is 74.6 cm³/mol. The molecule has 0 aliphatic carbocycles. The van der Waals surface area contributed by atoms with Crippen molar-refractivity contribution in [3.8, 4) is 0 Å². The zero-order valence-corrected chi connectivity index (χ0v) is 10.9. The number of benzene rings is 1. The van der Waals surface area contributed by atoms with Crippen LogP contribution in [-0.2, 0) is 0 Å². The molecule has 4 nitrogen and oxygen atoms in total. The highest BCUT2D eigenvalue weighted by atomic mass is 16.1. The lowest BCUT2D eigenvalue weighted by molar-refractivity contribution is 0.100. The smallest absolute Gasteiger partial charge is 0.250 e. The van der Waals surface area contributed by atoms with Crippen LogP contribution < -0.4 is 16.4 Å². The third-order valence-corrected chi connectivity index (χ3v) is 3.82. The van der Waals surface area contributed by atoms with Gasteiger partial charge < -0.3 is 16.4 Å². The molecule has 1 aliphatic rings. The minimum Gasteiger partial charge on any atom is -0.399 e. The van der Waals surface area contributed by atoms with Crippen LogP contribution in [-0.4, -0.2) is 19.0 Å². The fourth-order valence-electron chi connectivity index (χ4n) is 2.61. The molecule has 0 atom stereocenters. The van der Waals surface area contributed by atoms with Crippen LogP contribution in [0, 0.1) is 5.92 Å². The molecular formula is C14H21N3O. The van der Waals surface area contributed by atoms with Crippen molar-refractivity contribution in [3.05, 3.63) is 23.8 Å². The minimum absolute atomic E-state index is 0.407. The SMILES string of the molecule is CCC1CCN(c2ccc(N)cc2C(N)=O)CC1. The van der Waals surface area contributed by atoms with Crippen molar-refractivity contribution in [2.75, 3.05) is 23.7 Å². The zero-order valence-electron chi connectivity index (χ0n) is 10.9. The summed E-state index contributed by atoms with van der Waals surface area (Å²) in [6.07, 6.45) is 3.59. The highest BCUT2D eigenvalue weighted by Gasteiger charge is 2.21. The second-order valence-electron chi connectivity index (χ2n) is 4.98. The average Bonchev–Trinajstić information content (AvgIpc) is 2.39. The Kier molecular flexibility index (Phi) is 3.75. The normalized spacial score (nSPS) is 16.8. The Balaban J connectivity index is 2.21. The number of carbonyl (C=O) groups is 1. The first kappa shape index (κ1) is 12.7. The van der Waals surface area contributed by atoms with Gasteiger partial charge in [-0.3, -0.25) is 4.79 Å². The number of rotatable bonds is 3. The van der Waals surface area contributed by atoms with Gasteiger partial charge in [-0.15, -0.1) is 0 Å². The van der Waals surface area contributed by atoms with Crippen LogP contribution in [0.5, 0.6) is 0 Å². The van der Waals surface area contributed by atoms with E-state index < -0.39 is 5.91 Å². The Morgan fingerprint density at radius 3 is 2.61 bits per heavy atom. The maximum atomic E-state index is 11.5. The van der Waals surface area contributed by atoms with Crippen molar-refractivity contribution < 1.29 is 4.79 Å². The number of carbonyl (C=O) groups excluding carboxylic acids is 1. The van der Waals surface area contributed by atoms with Crippen molar-refractivity contribution in [1.82, 2.24) is 0 Å². The van der Waals surface area contributed by atoms with Crippen molar-refractivity contribution in [3.63, 3.8) is 0 Å². The Morgan fingerprint density at radius 2 is 2.06 bits per heavy atom. The van der Waals surface area contributed by atoms with Gasteiger partial charge in [0, 0.05) is 24.5 Å². The van der Waals surface area contributed by atoms with Gasteiger partial charge in [0.15, 0.2) is 0 Å². The molecular weight excluding hydrogens is 226 g/mol. The molecule has 1 aromatic rings. The van der Waals surface area contributed by atoms with E-state index in [-0.39, 0.29) is 0 Å². The summed E-state index contributed by atoms with van der Waals surface area (Å²) in [6, 6.07) is 5.40. The third kappa shape index (κ3) is 2.58. The van der Waals surface area contributed by atoms with E-state index in [1.807, 2.05) is 12.1 Å². The first-order chi connectivity index (χ1) is 8.61. The molecule has 4 heteroatoms. The molecule has 0 saturated carbocycles. The Labute approximate surface area is 108 Å². The molecule has 1 fully saturated rings. The van der Waals surface area contributed by atoms with Crippen molar-refractivity contribution in [2.45, 2.75) is 26.2 Å². The number of nitrogen functional groups attached to an aromatic ring is 1. The quantitative estimate of drug-likeness (QED) is 0.802. The summed E-state index contributed by atoms with van der Waals surface area (Å²) >= 11 is 0. The number of nitrogens with zero attached hydrogens (tertiary/aromatic N) is 1. The van der Waals surface area contributed by atoms with E-state index in [1.165, 1.54) is 19.3 Å². The molecule has 18 heavy (non-hydrogen) atoms. The molecule has 1 aromatic carbocycles. The van der Waals surface area contributed by atoms with Crippen molar-refractivity contribution in [2.24, 2.45) is 11.7 Å². The first-order valence-electron chi connectivity index (χ1n) is 6.56. The molecule has 1 aliphatic heterocycles.